The Morgan fingerprint density at radius 3 is 2.71 bits per heavy atom. The minimum Gasteiger partial charge on any atom is -0.329 e. The normalized spacial score (nSPS) is 26.0. The van der Waals surface area contributed by atoms with Crippen molar-refractivity contribution in [1.82, 2.24) is 9.80 Å². The molecule has 112 valence electrons. The van der Waals surface area contributed by atoms with E-state index in [1.165, 1.54) is 0 Å². The van der Waals surface area contributed by atoms with Crippen LogP contribution in [0.1, 0.15) is 31.7 Å². The molecule has 1 aromatic carbocycles. The second-order valence-electron chi connectivity index (χ2n) is 5.78. The molecule has 21 heavy (non-hydrogen) atoms. The van der Waals surface area contributed by atoms with Crippen LogP contribution in [0.25, 0.3) is 0 Å². The zero-order valence-electron chi connectivity index (χ0n) is 12.1. The summed E-state index contributed by atoms with van der Waals surface area (Å²) in [5.41, 5.74) is 1.04. The van der Waals surface area contributed by atoms with Gasteiger partial charge in [0.25, 0.3) is 0 Å². The number of piperazine rings is 1. The molecule has 2 fully saturated rings. The number of hydrogen-bond donors (Lipinski definition) is 0. The number of fused-ring (bicyclic) bond motifs is 1. The fourth-order valence-electron chi connectivity index (χ4n) is 3.23. The number of piperidine rings is 1. The Bertz CT molecular complexity index is 575. The molecule has 3 rings (SSSR count). The second-order valence-corrected chi connectivity index (χ2v) is 6.63. The molecule has 0 aromatic heterocycles. The van der Waals surface area contributed by atoms with Gasteiger partial charge < -0.3 is 9.80 Å². The number of rotatable bonds is 2. The summed E-state index contributed by atoms with van der Waals surface area (Å²) < 4.78 is 0.975. The third-order valence-corrected chi connectivity index (χ3v) is 5.25. The van der Waals surface area contributed by atoms with Gasteiger partial charge in [-0.25, -0.2) is 0 Å². The summed E-state index contributed by atoms with van der Waals surface area (Å²) in [6, 6.07) is 7.23. The number of halogens is 1. The number of carbonyl (C=O) groups excluding carboxylic acids is 2. The van der Waals surface area contributed by atoms with E-state index in [0.717, 1.165) is 35.8 Å². The first-order valence-corrected chi connectivity index (χ1v) is 8.23. The van der Waals surface area contributed by atoms with E-state index in [1.807, 2.05) is 31.2 Å². The maximum atomic E-state index is 12.7. The molecular weight excluding hydrogens is 332 g/mol. The van der Waals surface area contributed by atoms with Crippen molar-refractivity contribution in [3.05, 3.63) is 34.3 Å². The Balaban J connectivity index is 1.86. The van der Waals surface area contributed by atoms with Crippen molar-refractivity contribution in [3.63, 3.8) is 0 Å². The Morgan fingerprint density at radius 2 is 1.95 bits per heavy atom. The number of benzene rings is 1. The predicted octanol–water partition coefficient (Wildman–Crippen LogP) is 2.56. The Hall–Kier alpha value is -1.36. The van der Waals surface area contributed by atoms with Gasteiger partial charge in [-0.3, -0.25) is 9.59 Å². The number of amides is 2. The highest BCUT2D eigenvalue weighted by molar-refractivity contribution is 9.10. The number of hydrogen-bond acceptors (Lipinski definition) is 2. The fourth-order valence-corrected chi connectivity index (χ4v) is 3.64. The second kappa shape index (κ2) is 5.79. The van der Waals surface area contributed by atoms with Crippen molar-refractivity contribution >= 4 is 27.7 Å². The summed E-state index contributed by atoms with van der Waals surface area (Å²) in [4.78, 5) is 28.8. The zero-order chi connectivity index (χ0) is 15.0. The van der Waals surface area contributed by atoms with Crippen molar-refractivity contribution < 1.29 is 9.59 Å². The van der Waals surface area contributed by atoms with Crippen LogP contribution in [0.4, 0.5) is 0 Å². The molecule has 0 N–H and O–H groups in total. The molecular formula is C16H19BrN2O2. The molecule has 2 saturated heterocycles. The molecule has 0 aliphatic carbocycles. The average molecular weight is 351 g/mol. The van der Waals surface area contributed by atoms with E-state index in [-0.39, 0.29) is 23.9 Å². The van der Waals surface area contributed by atoms with E-state index < -0.39 is 0 Å². The third-order valence-electron chi connectivity index (χ3n) is 4.48. The molecule has 0 bridgehead atoms. The van der Waals surface area contributed by atoms with Crippen molar-refractivity contribution in [2.45, 2.75) is 44.8 Å². The van der Waals surface area contributed by atoms with Gasteiger partial charge in [-0.2, -0.15) is 0 Å². The van der Waals surface area contributed by atoms with Crippen LogP contribution in [-0.4, -0.2) is 40.2 Å². The molecule has 0 spiro atoms. The van der Waals surface area contributed by atoms with Gasteiger partial charge in [-0.1, -0.05) is 34.1 Å². The van der Waals surface area contributed by atoms with Crippen LogP contribution in [0.2, 0.25) is 0 Å². The molecule has 2 atom stereocenters. The highest BCUT2D eigenvalue weighted by Crippen LogP contribution is 2.28. The molecule has 1 aromatic rings. The van der Waals surface area contributed by atoms with Gasteiger partial charge >= 0.3 is 0 Å². The van der Waals surface area contributed by atoms with E-state index in [0.29, 0.717) is 6.54 Å². The number of carbonyl (C=O) groups is 2. The van der Waals surface area contributed by atoms with Gasteiger partial charge in [-0.15, -0.1) is 0 Å². The molecule has 2 aliphatic heterocycles. The lowest BCUT2D eigenvalue weighted by atomic mass is 9.95. The lowest BCUT2D eigenvalue weighted by Gasteiger charge is -2.46. The largest absolute Gasteiger partial charge is 0.329 e. The van der Waals surface area contributed by atoms with Crippen LogP contribution in [0.15, 0.2) is 28.7 Å². The van der Waals surface area contributed by atoms with Gasteiger partial charge in [0.15, 0.2) is 0 Å². The fraction of sp³-hybridized carbons (Fsp3) is 0.500. The van der Waals surface area contributed by atoms with E-state index in [9.17, 15) is 9.59 Å². The van der Waals surface area contributed by atoms with E-state index in [4.69, 9.17) is 0 Å². The SMILES string of the molecule is CC1C(=O)N2CCCCC2C(=O)N1Cc1ccccc1Br. The molecule has 4 nitrogen and oxygen atoms in total. The molecule has 0 radical (unpaired) electrons. The van der Waals surface area contributed by atoms with Crippen LogP contribution in [0.3, 0.4) is 0 Å². The predicted molar refractivity (Wildman–Crippen MR) is 83.5 cm³/mol. The van der Waals surface area contributed by atoms with Crippen LogP contribution in [0.5, 0.6) is 0 Å². The van der Waals surface area contributed by atoms with Crippen LogP contribution in [0, 0.1) is 0 Å². The lowest BCUT2D eigenvalue weighted by molar-refractivity contribution is -0.163. The Morgan fingerprint density at radius 1 is 1.19 bits per heavy atom. The first kappa shape index (κ1) is 14.6. The maximum absolute atomic E-state index is 12.7. The monoisotopic (exact) mass is 350 g/mol. The first-order valence-electron chi connectivity index (χ1n) is 7.44. The molecule has 5 heteroatoms. The van der Waals surface area contributed by atoms with Gasteiger partial charge in [0.2, 0.25) is 11.8 Å². The van der Waals surface area contributed by atoms with Crippen molar-refractivity contribution in [2.75, 3.05) is 6.54 Å². The van der Waals surface area contributed by atoms with Crippen molar-refractivity contribution in [3.8, 4) is 0 Å². The Labute approximate surface area is 133 Å². The summed E-state index contributed by atoms with van der Waals surface area (Å²) in [5, 5.41) is 0. The summed E-state index contributed by atoms with van der Waals surface area (Å²) >= 11 is 3.51. The smallest absolute Gasteiger partial charge is 0.246 e. The first-order chi connectivity index (χ1) is 10.1. The summed E-state index contributed by atoms with van der Waals surface area (Å²) in [6.45, 7) is 3.04. The van der Waals surface area contributed by atoms with Crippen LogP contribution >= 0.6 is 15.9 Å². The third kappa shape index (κ3) is 2.59. The topological polar surface area (TPSA) is 40.6 Å². The minimum absolute atomic E-state index is 0.0892. The van der Waals surface area contributed by atoms with Gasteiger partial charge in [0.1, 0.15) is 12.1 Å². The van der Waals surface area contributed by atoms with E-state index in [1.54, 1.807) is 9.80 Å². The highest BCUT2D eigenvalue weighted by atomic mass is 79.9. The highest BCUT2D eigenvalue weighted by Gasteiger charge is 2.44. The molecule has 2 heterocycles. The van der Waals surface area contributed by atoms with Crippen molar-refractivity contribution in [2.24, 2.45) is 0 Å². The summed E-state index contributed by atoms with van der Waals surface area (Å²) in [7, 11) is 0. The van der Waals surface area contributed by atoms with Crippen LogP contribution < -0.4 is 0 Å². The number of nitrogens with zero attached hydrogens (tertiary/aromatic N) is 2. The van der Waals surface area contributed by atoms with Gasteiger partial charge in [-0.05, 0) is 37.8 Å². The Kier molecular flexibility index (Phi) is 4.02. The lowest BCUT2D eigenvalue weighted by Crippen LogP contribution is -2.64. The maximum Gasteiger partial charge on any atom is 0.246 e. The minimum atomic E-state index is -0.376. The average Bonchev–Trinajstić information content (AvgIpc) is 2.51. The molecule has 0 saturated carbocycles. The summed E-state index contributed by atoms with van der Waals surface area (Å²) in [5.74, 6) is 0.184. The molecule has 2 aliphatic rings. The quantitative estimate of drug-likeness (QED) is 0.822. The van der Waals surface area contributed by atoms with E-state index >= 15 is 0 Å². The van der Waals surface area contributed by atoms with Gasteiger partial charge in [0, 0.05) is 17.6 Å². The van der Waals surface area contributed by atoms with Crippen molar-refractivity contribution in [1.29, 1.82) is 0 Å². The summed E-state index contributed by atoms with van der Waals surface area (Å²) in [6.07, 6.45) is 2.83. The standard InChI is InChI=1S/C16H19BrN2O2/c1-11-15(20)18-9-5-4-8-14(18)16(21)19(11)10-12-6-2-3-7-13(12)17/h2-3,6-7,11,14H,4-5,8-10H2,1H3. The molecule has 2 unspecified atom stereocenters. The zero-order valence-corrected chi connectivity index (χ0v) is 13.7. The van der Waals surface area contributed by atoms with E-state index in [2.05, 4.69) is 15.9 Å². The van der Waals surface area contributed by atoms with Gasteiger partial charge in [0.05, 0.1) is 0 Å². The molecule has 2 amide bonds. The van der Waals surface area contributed by atoms with Crippen LogP contribution in [-0.2, 0) is 16.1 Å².